The van der Waals surface area contributed by atoms with Crippen molar-refractivity contribution >= 4 is 5.97 Å². The predicted octanol–water partition coefficient (Wildman–Crippen LogP) is 2.04. The molecule has 1 aliphatic carbocycles. The zero-order valence-corrected chi connectivity index (χ0v) is 8.99. The Labute approximate surface area is 85.1 Å². The van der Waals surface area contributed by atoms with E-state index < -0.39 is 11.4 Å². The summed E-state index contributed by atoms with van der Waals surface area (Å²) in [7, 11) is 0. The second-order valence-corrected chi connectivity index (χ2v) is 4.91. The molecular weight excluding hydrogens is 180 g/mol. The topological polar surface area (TPSA) is 57.5 Å². The summed E-state index contributed by atoms with van der Waals surface area (Å²) < 4.78 is 0. The largest absolute Gasteiger partial charge is 0.481 e. The molecule has 0 radical (unpaired) electrons. The van der Waals surface area contributed by atoms with Crippen LogP contribution in [0.3, 0.4) is 0 Å². The first-order chi connectivity index (χ1) is 6.46. The molecule has 1 rings (SSSR count). The average molecular weight is 200 g/mol. The van der Waals surface area contributed by atoms with Crippen molar-refractivity contribution in [2.45, 2.75) is 52.1 Å². The van der Waals surface area contributed by atoms with Gasteiger partial charge in [0.05, 0.1) is 11.5 Å². The molecule has 0 aromatic heterocycles. The molecule has 0 aromatic rings. The highest BCUT2D eigenvalue weighted by Gasteiger charge is 2.41. The van der Waals surface area contributed by atoms with Crippen molar-refractivity contribution in [2.24, 2.45) is 11.3 Å². The Hall–Kier alpha value is -0.570. The Morgan fingerprint density at radius 1 is 1.43 bits per heavy atom. The standard InChI is InChI=1S/C11H20O3/c1-8(2)7-11(10(13)14)5-3-9(12)4-6-11/h8-9,12H,3-7H2,1-2H3,(H,13,14). The highest BCUT2D eigenvalue weighted by molar-refractivity contribution is 5.74. The Bertz CT molecular complexity index is 203. The lowest BCUT2D eigenvalue weighted by molar-refractivity contribution is -0.153. The molecule has 82 valence electrons. The van der Waals surface area contributed by atoms with Gasteiger partial charge in [-0.1, -0.05) is 13.8 Å². The molecule has 0 spiro atoms. The van der Waals surface area contributed by atoms with Gasteiger partial charge in [0.1, 0.15) is 0 Å². The van der Waals surface area contributed by atoms with E-state index in [1.54, 1.807) is 0 Å². The lowest BCUT2D eigenvalue weighted by Gasteiger charge is -2.36. The van der Waals surface area contributed by atoms with Crippen molar-refractivity contribution < 1.29 is 15.0 Å². The molecule has 2 N–H and O–H groups in total. The van der Waals surface area contributed by atoms with Crippen LogP contribution in [0, 0.1) is 11.3 Å². The Balaban J connectivity index is 2.68. The van der Waals surface area contributed by atoms with Crippen molar-refractivity contribution in [1.82, 2.24) is 0 Å². The minimum Gasteiger partial charge on any atom is -0.481 e. The summed E-state index contributed by atoms with van der Waals surface area (Å²) in [5.74, 6) is -0.278. The lowest BCUT2D eigenvalue weighted by Crippen LogP contribution is -2.37. The summed E-state index contributed by atoms with van der Waals surface area (Å²) in [5, 5.41) is 18.6. The molecule has 3 nitrogen and oxygen atoms in total. The fourth-order valence-electron chi connectivity index (χ4n) is 2.44. The number of aliphatic carboxylic acids is 1. The van der Waals surface area contributed by atoms with Gasteiger partial charge in [-0.3, -0.25) is 4.79 Å². The summed E-state index contributed by atoms with van der Waals surface area (Å²) in [6.07, 6.45) is 2.98. The number of hydrogen-bond donors (Lipinski definition) is 2. The van der Waals surface area contributed by atoms with Crippen LogP contribution in [0.1, 0.15) is 46.0 Å². The maximum Gasteiger partial charge on any atom is 0.309 e. The van der Waals surface area contributed by atoms with E-state index in [-0.39, 0.29) is 6.10 Å². The van der Waals surface area contributed by atoms with Crippen molar-refractivity contribution in [3.05, 3.63) is 0 Å². The molecule has 3 heteroatoms. The summed E-state index contributed by atoms with van der Waals surface area (Å²) in [4.78, 5) is 11.2. The summed E-state index contributed by atoms with van der Waals surface area (Å²) >= 11 is 0. The van der Waals surface area contributed by atoms with Gasteiger partial charge in [-0.15, -0.1) is 0 Å². The van der Waals surface area contributed by atoms with E-state index in [1.807, 2.05) is 0 Å². The van der Waals surface area contributed by atoms with Gasteiger partial charge in [-0.05, 0) is 38.0 Å². The monoisotopic (exact) mass is 200 g/mol. The van der Waals surface area contributed by atoms with E-state index in [1.165, 1.54) is 0 Å². The first-order valence-electron chi connectivity index (χ1n) is 5.38. The molecule has 1 aliphatic rings. The van der Waals surface area contributed by atoms with Gasteiger partial charge in [-0.2, -0.15) is 0 Å². The fourth-order valence-corrected chi connectivity index (χ4v) is 2.44. The number of aliphatic hydroxyl groups excluding tert-OH is 1. The second-order valence-electron chi connectivity index (χ2n) is 4.91. The number of hydrogen-bond acceptors (Lipinski definition) is 2. The molecule has 0 saturated heterocycles. The molecule has 0 bridgehead atoms. The highest BCUT2D eigenvalue weighted by Crippen LogP contribution is 2.41. The fraction of sp³-hybridized carbons (Fsp3) is 0.909. The first kappa shape index (κ1) is 11.5. The van der Waals surface area contributed by atoms with Gasteiger partial charge >= 0.3 is 5.97 Å². The van der Waals surface area contributed by atoms with Gasteiger partial charge in [0.25, 0.3) is 0 Å². The van der Waals surface area contributed by atoms with Crippen LogP contribution in [0.15, 0.2) is 0 Å². The van der Waals surface area contributed by atoms with Crippen LogP contribution in [0.25, 0.3) is 0 Å². The van der Waals surface area contributed by atoms with Crippen LogP contribution >= 0.6 is 0 Å². The number of carbonyl (C=O) groups is 1. The minimum atomic E-state index is -0.682. The Morgan fingerprint density at radius 2 is 1.93 bits per heavy atom. The molecule has 1 fully saturated rings. The van der Waals surface area contributed by atoms with Crippen LogP contribution in [0.2, 0.25) is 0 Å². The maximum absolute atomic E-state index is 11.2. The van der Waals surface area contributed by atoms with Gasteiger partial charge in [0.15, 0.2) is 0 Å². The normalized spacial score (nSPS) is 33.3. The van der Waals surface area contributed by atoms with E-state index in [0.29, 0.717) is 31.6 Å². The molecule has 1 saturated carbocycles. The van der Waals surface area contributed by atoms with E-state index >= 15 is 0 Å². The van der Waals surface area contributed by atoms with Crippen molar-refractivity contribution in [2.75, 3.05) is 0 Å². The van der Waals surface area contributed by atoms with Crippen LogP contribution < -0.4 is 0 Å². The number of rotatable bonds is 3. The van der Waals surface area contributed by atoms with E-state index in [9.17, 15) is 15.0 Å². The van der Waals surface area contributed by atoms with Gasteiger partial charge in [0, 0.05) is 0 Å². The third-order valence-corrected chi connectivity index (χ3v) is 3.16. The molecule has 0 aromatic carbocycles. The van der Waals surface area contributed by atoms with E-state index in [0.717, 1.165) is 6.42 Å². The third-order valence-electron chi connectivity index (χ3n) is 3.16. The number of aliphatic hydroxyl groups is 1. The number of carboxylic acids is 1. The van der Waals surface area contributed by atoms with E-state index in [2.05, 4.69) is 13.8 Å². The summed E-state index contributed by atoms with van der Waals surface area (Å²) in [6.45, 7) is 4.10. The Morgan fingerprint density at radius 3 is 2.29 bits per heavy atom. The highest BCUT2D eigenvalue weighted by atomic mass is 16.4. The zero-order valence-electron chi connectivity index (χ0n) is 8.99. The van der Waals surface area contributed by atoms with Gasteiger partial charge < -0.3 is 10.2 Å². The van der Waals surface area contributed by atoms with E-state index in [4.69, 9.17) is 0 Å². The predicted molar refractivity (Wildman–Crippen MR) is 54.0 cm³/mol. The van der Waals surface area contributed by atoms with Crippen LogP contribution in [0.5, 0.6) is 0 Å². The van der Waals surface area contributed by atoms with Crippen molar-refractivity contribution in [1.29, 1.82) is 0 Å². The Kier molecular flexibility index (Phi) is 3.53. The minimum absolute atomic E-state index is 0.283. The zero-order chi connectivity index (χ0) is 10.8. The molecule has 0 amide bonds. The molecule has 0 unspecified atom stereocenters. The molecule has 0 aliphatic heterocycles. The lowest BCUT2D eigenvalue weighted by atomic mass is 9.69. The molecule has 0 heterocycles. The summed E-state index contributed by atoms with van der Waals surface area (Å²) in [5.41, 5.74) is -0.562. The van der Waals surface area contributed by atoms with Gasteiger partial charge in [0.2, 0.25) is 0 Å². The molecule has 0 atom stereocenters. The van der Waals surface area contributed by atoms with Crippen LogP contribution in [-0.2, 0) is 4.79 Å². The van der Waals surface area contributed by atoms with Crippen molar-refractivity contribution in [3.63, 3.8) is 0 Å². The third kappa shape index (κ3) is 2.47. The second kappa shape index (κ2) is 4.30. The molecular formula is C11H20O3. The average Bonchev–Trinajstić information content (AvgIpc) is 2.08. The SMILES string of the molecule is CC(C)CC1(C(=O)O)CCC(O)CC1. The quantitative estimate of drug-likeness (QED) is 0.733. The molecule has 14 heavy (non-hydrogen) atoms. The number of carboxylic acid groups (broad SMARTS) is 1. The summed E-state index contributed by atoms with van der Waals surface area (Å²) in [6, 6.07) is 0. The first-order valence-corrected chi connectivity index (χ1v) is 5.38. The van der Waals surface area contributed by atoms with Crippen LogP contribution in [0.4, 0.5) is 0 Å². The van der Waals surface area contributed by atoms with Crippen molar-refractivity contribution in [3.8, 4) is 0 Å². The van der Waals surface area contributed by atoms with Gasteiger partial charge in [-0.25, -0.2) is 0 Å². The smallest absolute Gasteiger partial charge is 0.309 e. The van der Waals surface area contributed by atoms with Crippen LogP contribution in [-0.4, -0.2) is 22.3 Å². The maximum atomic E-state index is 11.2.